The van der Waals surface area contributed by atoms with E-state index in [0.29, 0.717) is 6.54 Å². The van der Waals surface area contributed by atoms with Crippen LogP contribution in [0.1, 0.15) is 0 Å². The van der Waals surface area contributed by atoms with Crippen LogP contribution in [0.15, 0.2) is 0 Å². The van der Waals surface area contributed by atoms with Crippen LogP contribution in [0.3, 0.4) is 0 Å². The standard InChI is InChI=1S/C3H5N3O/c4-2-1-5-6-3(2)7/h4-5H,1H2,(H,6,7). The summed E-state index contributed by atoms with van der Waals surface area (Å²) < 4.78 is 0. The Morgan fingerprint density at radius 2 is 2.43 bits per heavy atom. The lowest BCUT2D eigenvalue weighted by Crippen LogP contribution is -2.26. The maximum Gasteiger partial charge on any atom is 0.280 e. The number of hydrogen-bond acceptors (Lipinski definition) is 3. The van der Waals surface area contributed by atoms with Crippen molar-refractivity contribution in [3.05, 3.63) is 0 Å². The zero-order chi connectivity index (χ0) is 5.28. The fraction of sp³-hybridized carbons (Fsp3) is 0.333. The molecule has 1 rings (SSSR count). The molecule has 1 amide bonds. The van der Waals surface area contributed by atoms with Gasteiger partial charge in [0.05, 0.1) is 6.54 Å². The Bertz CT molecular complexity index is 105. The molecule has 38 valence electrons. The van der Waals surface area contributed by atoms with Crippen LogP contribution in [-0.4, -0.2) is 18.2 Å². The number of amides is 1. The third kappa shape index (κ3) is 0.592. The zero-order valence-corrected chi connectivity index (χ0v) is 3.62. The van der Waals surface area contributed by atoms with Crippen LogP contribution >= 0.6 is 0 Å². The highest BCUT2D eigenvalue weighted by molar-refractivity contribution is 6.39. The van der Waals surface area contributed by atoms with E-state index in [2.05, 4.69) is 10.9 Å². The second-order valence-corrected chi connectivity index (χ2v) is 1.29. The smallest absolute Gasteiger partial charge is 0.280 e. The molecule has 0 aromatic heterocycles. The Balaban J connectivity index is 2.65. The van der Waals surface area contributed by atoms with Gasteiger partial charge in [-0.1, -0.05) is 0 Å². The van der Waals surface area contributed by atoms with Crippen LogP contribution in [-0.2, 0) is 4.79 Å². The minimum Gasteiger partial charge on any atom is -0.298 e. The topological polar surface area (TPSA) is 65.0 Å². The number of rotatable bonds is 0. The van der Waals surface area contributed by atoms with E-state index < -0.39 is 0 Å². The van der Waals surface area contributed by atoms with Gasteiger partial charge in [-0.25, -0.2) is 5.43 Å². The van der Waals surface area contributed by atoms with Crippen molar-refractivity contribution in [1.82, 2.24) is 10.9 Å². The first-order chi connectivity index (χ1) is 3.30. The first kappa shape index (κ1) is 4.26. The summed E-state index contributed by atoms with van der Waals surface area (Å²) in [5.41, 5.74) is 4.85. The van der Waals surface area contributed by atoms with E-state index >= 15 is 0 Å². The third-order valence-electron chi connectivity index (χ3n) is 0.741. The molecule has 0 unspecified atom stereocenters. The summed E-state index contributed by atoms with van der Waals surface area (Å²) in [5.74, 6) is -0.319. The van der Waals surface area contributed by atoms with Crippen LogP contribution in [0.2, 0.25) is 0 Å². The Hall–Kier alpha value is -0.900. The normalized spacial score (nSPS) is 20.0. The molecule has 7 heavy (non-hydrogen) atoms. The van der Waals surface area contributed by atoms with E-state index in [1.807, 2.05) is 0 Å². The lowest BCUT2D eigenvalue weighted by Gasteiger charge is -1.81. The Kier molecular flexibility index (Phi) is 0.796. The van der Waals surface area contributed by atoms with Crippen LogP contribution in [0.5, 0.6) is 0 Å². The summed E-state index contributed by atoms with van der Waals surface area (Å²) in [6, 6.07) is 0. The van der Waals surface area contributed by atoms with Gasteiger partial charge >= 0.3 is 0 Å². The van der Waals surface area contributed by atoms with Crippen molar-refractivity contribution in [1.29, 1.82) is 5.41 Å². The van der Waals surface area contributed by atoms with E-state index in [4.69, 9.17) is 5.41 Å². The molecule has 0 spiro atoms. The van der Waals surface area contributed by atoms with Gasteiger partial charge in [-0.3, -0.25) is 15.6 Å². The van der Waals surface area contributed by atoms with Crippen molar-refractivity contribution in [2.24, 2.45) is 0 Å². The van der Waals surface area contributed by atoms with Crippen LogP contribution in [0.25, 0.3) is 0 Å². The molecule has 0 saturated carbocycles. The number of carbonyl (C=O) groups is 1. The quantitative estimate of drug-likeness (QED) is 0.351. The zero-order valence-electron chi connectivity index (χ0n) is 3.62. The number of nitrogens with one attached hydrogen (secondary N) is 3. The molecule has 0 bridgehead atoms. The summed E-state index contributed by atoms with van der Waals surface area (Å²) in [6.45, 7) is 0.346. The lowest BCUT2D eigenvalue weighted by molar-refractivity contribution is -0.114. The van der Waals surface area contributed by atoms with Crippen molar-refractivity contribution >= 4 is 11.6 Å². The third-order valence-corrected chi connectivity index (χ3v) is 0.741. The van der Waals surface area contributed by atoms with E-state index in [1.165, 1.54) is 0 Å². The van der Waals surface area contributed by atoms with Gasteiger partial charge < -0.3 is 0 Å². The molecular weight excluding hydrogens is 94.1 g/mol. The van der Waals surface area contributed by atoms with Crippen LogP contribution in [0.4, 0.5) is 0 Å². The second kappa shape index (κ2) is 1.31. The highest BCUT2D eigenvalue weighted by atomic mass is 16.2. The Labute approximate surface area is 40.4 Å². The van der Waals surface area contributed by atoms with Crippen molar-refractivity contribution < 1.29 is 4.79 Å². The molecule has 1 aliphatic heterocycles. The van der Waals surface area contributed by atoms with E-state index in [1.54, 1.807) is 0 Å². The molecule has 0 atom stereocenters. The fourth-order valence-electron chi connectivity index (χ4n) is 0.369. The molecule has 0 aromatic carbocycles. The van der Waals surface area contributed by atoms with Gasteiger partial charge in [-0.2, -0.15) is 0 Å². The Morgan fingerprint density at radius 3 is 2.57 bits per heavy atom. The summed E-state index contributed by atoms with van der Waals surface area (Å²) in [7, 11) is 0. The molecule has 4 heteroatoms. The van der Waals surface area contributed by atoms with Crippen molar-refractivity contribution in [3.8, 4) is 0 Å². The summed E-state index contributed by atoms with van der Waals surface area (Å²) in [6.07, 6.45) is 0. The molecule has 0 aliphatic carbocycles. The van der Waals surface area contributed by atoms with E-state index in [0.717, 1.165) is 0 Å². The minimum atomic E-state index is -0.319. The molecule has 1 fully saturated rings. The average molecular weight is 99.1 g/mol. The van der Waals surface area contributed by atoms with E-state index in [-0.39, 0.29) is 11.6 Å². The molecule has 1 heterocycles. The van der Waals surface area contributed by atoms with Crippen molar-refractivity contribution in [2.45, 2.75) is 0 Å². The van der Waals surface area contributed by atoms with Crippen LogP contribution < -0.4 is 10.9 Å². The molecule has 0 radical (unpaired) electrons. The summed E-state index contributed by atoms with van der Waals surface area (Å²) in [5, 5.41) is 6.78. The molecule has 0 aromatic rings. The van der Waals surface area contributed by atoms with Crippen LogP contribution in [0, 0.1) is 5.41 Å². The number of carbonyl (C=O) groups excluding carboxylic acids is 1. The lowest BCUT2D eigenvalue weighted by atomic mass is 10.4. The highest BCUT2D eigenvalue weighted by Gasteiger charge is 2.13. The van der Waals surface area contributed by atoms with Gasteiger partial charge in [0.1, 0.15) is 5.71 Å². The first-order valence-corrected chi connectivity index (χ1v) is 1.91. The largest absolute Gasteiger partial charge is 0.298 e. The number of hydrogen-bond donors (Lipinski definition) is 3. The fourth-order valence-corrected chi connectivity index (χ4v) is 0.369. The molecule has 4 nitrogen and oxygen atoms in total. The minimum absolute atomic E-state index is 0.0972. The maximum absolute atomic E-state index is 10.2. The maximum atomic E-state index is 10.2. The van der Waals surface area contributed by atoms with Gasteiger partial charge in [-0.05, 0) is 0 Å². The van der Waals surface area contributed by atoms with E-state index in [9.17, 15) is 4.79 Å². The van der Waals surface area contributed by atoms with Gasteiger partial charge in [0.15, 0.2) is 0 Å². The van der Waals surface area contributed by atoms with Crippen molar-refractivity contribution in [2.75, 3.05) is 6.54 Å². The highest BCUT2D eigenvalue weighted by Crippen LogP contribution is 1.75. The monoisotopic (exact) mass is 99.0 g/mol. The predicted octanol–water partition coefficient (Wildman–Crippen LogP) is -1.36. The average Bonchev–Trinajstić information content (AvgIpc) is 1.91. The Morgan fingerprint density at radius 1 is 1.71 bits per heavy atom. The van der Waals surface area contributed by atoms with Gasteiger partial charge in [0, 0.05) is 0 Å². The molecule has 1 aliphatic rings. The SMILES string of the molecule is N=C1CNNC1=O. The molecular formula is C3H5N3O. The number of hydrazine groups is 1. The first-order valence-electron chi connectivity index (χ1n) is 1.91. The van der Waals surface area contributed by atoms with Crippen molar-refractivity contribution in [3.63, 3.8) is 0 Å². The molecule has 1 saturated heterocycles. The summed E-state index contributed by atoms with van der Waals surface area (Å²) in [4.78, 5) is 10.2. The summed E-state index contributed by atoms with van der Waals surface area (Å²) >= 11 is 0. The van der Waals surface area contributed by atoms with Gasteiger partial charge in [-0.15, -0.1) is 0 Å². The predicted molar refractivity (Wildman–Crippen MR) is 23.9 cm³/mol. The second-order valence-electron chi connectivity index (χ2n) is 1.29. The van der Waals surface area contributed by atoms with Gasteiger partial charge in [0.2, 0.25) is 0 Å². The van der Waals surface area contributed by atoms with Gasteiger partial charge in [0.25, 0.3) is 5.91 Å². The molecule has 3 N–H and O–H groups in total.